The lowest BCUT2D eigenvalue weighted by Gasteiger charge is -2.09. The molecule has 0 saturated carbocycles. The quantitative estimate of drug-likeness (QED) is 0.352. The zero-order chi connectivity index (χ0) is 17.1. The van der Waals surface area contributed by atoms with Crippen molar-refractivity contribution >= 4 is 51.0 Å². The predicted octanol–water partition coefficient (Wildman–Crippen LogP) is 3.54. The Bertz CT molecular complexity index is 893. The molecule has 24 heavy (non-hydrogen) atoms. The second-order valence-electron chi connectivity index (χ2n) is 5.27. The van der Waals surface area contributed by atoms with Crippen molar-refractivity contribution in [1.29, 1.82) is 0 Å². The molecule has 1 heterocycles. The fraction of sp³-hybridized carbons (Fsp3) is 0.176. The van der Waals surface area contributed by atoms with E-state index in [0.717, 1.165) is 25.9 Å². The molecule has 0 aliphatic heterocycles. The zero-order valence-electron chi connectivity index (χ0n) is 13.0. The van der Waals surface area contributed by atoms with E-state index in [1.807, 2.05) is 47.1 Å². The van der Waals surface area contributed by atoms with Crippen LogP contribution in [-0.2, 0) is 11.0 Å². The van der Waals surface area contributed by atoms with Crippen LogP contribution in [0.1, 0.15) is 21.6 Å². The summed E-state index contributed by atoms with van der Waals surface area (Å²) < 4.78 is 2.72. The summed E-state index contributed by atoms with van der Waals surface area (Å²) >= 11 is 8.41. The number of halogens is 2. The van der Waals surface area contributed by atoms with Crippen molar-refractivity contribution < 1.29 is 4.79 Å². The Morgan fingerprint density at radius 1 is 1.25 bits per heavy atom. The fourth-order valence-corrected chi connectivity index (χ4v) is 3.53. The van der Waals surface area contributed by atoms with E-state index in [9.17, 15) is 4.79 Å². The largest absolute Gasteiger partial charge is 0.286 e. The summed E-state index contributed by atoms with van der Waals surface area (Å²) in [6.07, 6.45) is 0. The molecule has 124 valence electrons. The molecule has 0 spiro atoms. The third-order valence-electron chi connectivity index (χ3n) is 3.74. The highest BCUT2D eigenvalue weighted by atomic mass is 127. The van der Waals surface area contributed by atoms with Crippen LogP contribution in [0.25, 0.3) is 10.9 Å². The topological polar surface area (TPSA) is 58.9 Å². The summed E-state index contributed by atoms with van der Waals surface area (Å²) in [5, 5.41) is 6.09. The number of nitrogens with one attached hydrogen (secondary N) is 2. The van der Waals surface area contributed by atoms with E-state index < -0.39 is 0 Å². The smallest absolute Gasteiger partial charge is 0.286 e. The Hall–Kier alpha value is -1.64. The lowest BCUT2D eigenvalue weighted by atomic mass is 10.1. The number of rotatable bonds is 5. The molecule has 0 fully saturated rings. The average Bonchev–Trinajstić information content (AvgIpc) is 2.95. The second kappa shape index (κ2) is 7.50. The molecular weight excluding hydrogens is 439 g/mol. The van der Waals surface area contributed by atoms with Gasteiger partial charge in [-0.15, -0.1) is 0 Å². The van der Waals surface area contributed by atoms with E-state index in [0.29, 0.717) is 12.2 Å². The van der Waals surface area contributed by atoms with Gasteiger partial charge in [0.1, 0.15) is 0 Å². The van der Waals surface area contributed by atoms with Crippen LogP contribution in [0.4, 0.5) is 0 Å². The van der Waals surface area contributed by atoms with Crippen molar-refractivity contribution in [1.82, 2.24) is 20.6 Å². The van der Waals surface area contributed by atoms with Crippen LogP contribution in [0.5, 0.6) is 0 Å². The summed E-state index contributed by atoms with van der Waals surface area (Å²) in [5.41, 5.74) is 8.87. The van der Waals surface area contributed by atoms with Gasteiger partial charge in [-0.3, -0.25) is 14.9 Å². The number of hydrogen-bond acceptors (Lipinski definition) is 3. The van der Waals surface area contributed by atoms with Gasteiger partial charge in [-0.2, -0.15) is 5.10 Å². The molecule has 0 unspecified atom stereocenters. The standard InChI is InChI=1S/C17H16ClIN4O/c1-20-21-17(24)16-14-4-2-3-5-15(14)23(22-16)10-11-6-7-13(18)8-12(11)9-19/h2-8,20H,9-10H2,1H3,(H,21,24). The maximum Gasteiger partial charge on any atom is 0.286 e. The highest BCUT2D eigenvalue weighted by Gasteiger charge is 2.17. The first-order valence-electron chi connectivity index (χ1n) is 7.40. The molecule has 3 rings (SSSR count). The lowest BCUT2D eigenvalue weighted by molar-refractivity contribution is 0.0933. The average molecular weight is 455 g/mol. The van der Waals surface area contributed by atoms with Crippen molar-refractivity contribution in [2.75, 3.05) is 7.05 Å². The number of amides is 1. The van der Waals surface area contributed by atoms with Gasteiger partial charge in [0.25, 0.3) is 5.91 Å². The summed E-state index contributed by atoms with van der Waals surface area (Å²) in [5.74, 6) is -0.252. The molecule has 0 aliphatic rings. The van der Waals surface area contributed by atoms with Gasteiger partial charge < -0.3 is 0 Å². The van der Waals surface area contributed by atoms with Crippen LogP contribution < -0.4 is 10.9 Å². The number of fused-ring (bicyclic) bond motifs is 1. The van der Waals surface area contributed by atoms with Crippen LogP contribution in [0.2, 0.25) is 5.02 Å². The molecule has 0 bridgehead atoms. The van der Waals surface area contributed by atoms with Crippen LogP contribution in [-0.4, -0.2) is 22.7 Å². The number of para-hydroxylation sites is 1. The van der Waals surface area contributed by atoms with Gasteiger partial charge in [0.2, 0.25) is 0 Å². The van der Waals surface area contributed by atoms with Gasteiger partial charge >= 0.3 is 0 Å². The van der Waals surface area contributed by atoms with Crippen LogP contribution in [0.3, 0.4) is 0 Å². The fourth-order valence-electron chi connectivity index (χ4n) is 2.62. The number of alkyl halides is 1. The third-order valence-corrected chi connectivity index (χ3v) is 4.80. The summed E-state index contributed by atoms with van der Waals surface area (Å²) in [6.45, 7) is 0.586. The Morgan fingerprint density at radius 3 is 2.79 bits per heavy atom. The minimum atomic E-state index is -0.252. The number of hydrogen-bond donors (Lipinski definition) is 2. The molecular formula is C17H16ClIN4O. The van der Waals surface area contributed by atoms with Gasteiger partial charge in [-0.25, -0.2) is 5.43 Å². The lowest BCUT2D eigenvalue weighted by Crippen LogP contribution is -2.34. The van der Waals surface area contributed by atoms with Crippen LogP contribution >= 0.6 is 34.2 Å². The number of benzene rings is 2. The molecule has 7 heteroatoms. The van der Waals surface area contributed by atoms with Crippen LogP contribution in [0, 0.1) is 0 Å². The number of hydrazine groups is 1. The van der Waals surface area contributed by atoms with Gasteiger partial charge in [-0.1, -0.05) is 58.5 Å². The first-order chi connectivity index (χ1) is 11.6. The highest BCUT2D eigenvalue weighted by Crippen LogP contribution is 2.23. The Morgan fingerprint density at radius 2 is 2.04 bits per heavy atom. The maximum absolute atomic E-state index is 12.2. The minimum Gasteiger partial charge on any atom is -0.286 e. The van der Waals surface area contributed by atoms with Crippen molar-refractivity contribution in [3.05, 3.63) is 64.3 Å². The van der Waals surface area contributed by atoms with Crippen molar-refractivity contribution in [3.8, 4) is 0 Å². The van der Waals surface area contributed by atoms with Crippen molar-refractivity contribution in [2.24, 2.45) is 0 Å². The maximum atomic E-state index is 12.2. The van der Waals surface area contributed by atoms with Gasteiger partial charge in [0, 0.05) is 21.9 Å². The van der Waals surface area contributed by atoms with E-state index in [2.05, 4.69) is 38.5 Å². The number of carbonyl (C=O) groups excluding carboxylic acids is 1. The molecule has 1 aromatic heterocycles. The van der Waals surface area contributed by atoms with E-state index in [1.54, 1.807) is 7.05 Å². The summed E-state index contributed by atoms with van der Waals surface area (Å²) in [6, 6.07) is 13.6. The van der Waals surface area contributed by atoms with Gasteiger partial charge in [0.15, 0.2) is 5.69 Å². The third kappa shape index (κ3) is 3.40. The van der Waals surface area contributed by atoms with Gasteiger partial charge in [-0.05, 0) is 29.3 Å². The van der Waals surface area contributed by atoms with Crippen LogP contribution in [0.15, 0.2) is 42.5 Å². The first kappa shape index (κ1) is 17.2. The van der Waals surface area contributed by atoms with E-state index >= 15 is 0 Å². The molecule has 1 amide bonds. The molecule has 0 aliphatic carbocycles. The SMILES string of the molecule is CNNC(=O)c1nn(Cc2ccc(Cl)cc2CI)c2ccccc12. The molecule has 2 aromatic carbocycles. The zero-order valence-corrected chi connectivity index (χ0v) is 15.9. The Kier molecular flexibility index (Phi) is 5.37. The number of nitrogens with zero attached hydrogens (tertiary/aromatic N) is 2. The molecule has 5 nitrogen and oxygen atoms in total. The molecule has 0 saturated heterocycles. The van der Waals surface area contributed by atoms with Crippen molar-refractivity contribution in [2.45, 2.75) is 11.0 Å². The molecule has 3 aromatic rings. The second-order valence-corrected chi connectivity index (χ2v) is 6.47. The summed E-state index contributed by atoms with van der Waals surface area (Å²) in [7, 11) is 1.65. The molecule has 2 N–H and O–H groups in total. The molecule has 0 radical (unpaired) electrons. The number of aromatic nitrogens is 2. The number of carbonyl (C=O) groups is 1. The Labute approximate surface area is 158 Å². The van der Waals surface area contributed by atoms with E-state index in [-0.39, 0.29) is 5.91 Å². The monoisotopic (exact) mass is 454 g/mol. The molecule has 0 atom stereocenters. The predicted molar refractivity (Wildman–Crippen MR) is 105 cm³/mol. The Balaban J connectivity index is 2.06. The first-order valence-corrected chi connectivity index (χ1v) is 9.30. The van der Waals surface area contributed by atoms with E-state index in [1.165, 1.54) is 5.56 Å². The van der Waals surface area contributed by atoms with E-state index in [4.69, 9.17) is 11.6 Å². The summed E-state index contributed by atoms with van der Waals surface area (Å²) in [4.78, 5) is 12.2. The van der Waals surface area contributed by atoms with Gasteiger partial charge in [0.05, 0.1) is 12.1 Å². The van der Waals surface area contributed by atoms with Crippen molar-refractivity contribution in [3.63, 3.8) is 0 Å². The minimum absolute atomic E-state index is 0.252. The highest BCUT2D eigenvalue weighted by molar-refractivity contribution is 14.1. The normalized spacial score (nSPS) is 11.0.